The highest BCUT2D eigenvalue weighted by molar-refractivity contribution is 6.12. The molecule has 246 valence electrons. The van der Waals surface area contributed by atoms with Gasteiger partial charge in [0.15, 0.2) is 0 Å². The van der Waals surface area contributed by atoms with Gasteiger partial charge in [-0.2, -0.15) is 0 Å². The summed E-state index contributed by atoms with van der Waals surface area (Å²) < 4.78 is 25.6. The van der Waals surface area contributed by atoms with E-state index < -0.39 is 73.5 Å². The van der Waals surface area contributed by atoms with Crippen molar-refractivity contribution in [3.63, 3.8) is 0 Å². The third-order valence-electron chi connectivity index (χ3n) is 7.95. The lowest BCUT2D eigenvalue weighted by Crippen LogP contribution is -2.55. The summed E-state index contributed by atoms with van der Waals surface area (Å²) in [5.41, 5.74) is 0.719. The van der Waals surface area contributed by atoms with Crippen LogP contribution in [0.25, 0.3) is 10.8 Å². The molecule has 3 aromatic carbocycles. The minimum Gasteiger partial charge on any atom is -0.433 e. The van der Waals surface area contributed by atoms with E-state index in [0.717, 1.165) is 32.9 Å². The van der Waals surface area contributed by atoms with Crippen LogP contribution in [0.2, 0.25) is 0 Å². The number of aromatic nitrogens is 1. The fourth-order valence-corrected chi connectivity index (χ4v) is 5.68. The Balaban J connectivity index is 1.27. The SMILES string of the molecule is O=C(CN1C(=O)[C@@H](NC(=O)c2nccc3ccccc23)CN(C(=O)CO)c2cc(F)ccc21)N[C@H]1CC(=O)O[C@H]1OCc1ccccc1. The molecule has 4 amide bonds. The van der Waals surface area contributed by atoms with Gasteiger partial charge in [0.2, 0.25) is 12.2 Å². The molecule has 13 nitrogen and oxygen atoms in total. The largest absolute Gasteiger partial charge is 0.433 e. The molecule has 3 atom stereocenters. The minimum absolute atomic E-state index is 0.0190. The predicted octanol–water partition coefficient (Wildman–Crippen LogP) is 1.82. The van der Waals surface area contributed by atoms with E-state index in [1.807, 2.05) is 30.3 Å². The molecule has 0 spiro atoms. The standard InChI is InChI=1S/C34H30FN5O8/c35-22-10-11-26-27(14-22)39(29(43)18-41)16-25(38-32(45)31-23-9-5-4-8-21(23)12-13-36-31)33(46)40(26)17-28(42)37-24-15-30(44)48-34(24)47-19-20-6-2-1-3-7-20/h1-14,24-25,34,41H,15-19H2,(H,37,42)(H,38,45)/t24-,25-,34+/m0/s1. The molecule has 3 heterocycles. The predicted molar refractivity (Wildman–Crippen MR) is 169 cm³/mol. The maximum Gasteiger partial charge on any atom is 0.310 e. The second kappa shape index (κ2) is 13.9. The lowest BCUT2D eigenvalue weighted by Gasteiger charge is -2.26. The Morgan fingerprint density at radius 2 is 1.75 bits per heavy atom. The Morgan fingerprint density at radius 1 is 0.979 bits per heavy atom. The molecular weight excluding hydrogens is 625 g/mol. The van der Waals surface area contributed by atoms with Gasteiger partial charge in [0, 0.05) is 11.6 Å². The highest BCUT2D eigenvalue weighted by Crippen LogP contribution is 2.34. The molecule has 0 saturated carbocycles. The molecule has 0 radical (unpaired) electrons. The molecule has 1 saturated heterocycles. The number of esters is 1. The number of benzene rings is 3. The molecule has 48 heavy (non-hydrogen) atoms. The molecule has 1 fully saturated rings. The lowest BCUT2D eigenvalue weighted by molar-refractivity contribution is -0.168. The number of amides is 4. The molecule has 0 bridgehead atoms. The maximum absolute atomic E-state index is 14.6. The van der Waals surface area contributed by atoms with Gasteiger partial charge in [-0.1, -0.05) is 54.6 Å². The summed E-state index contributed by atoms with van der Waals surface area (Å²) in [5, 5.41) is 16.3. The number of nitrogens with one attached hydrogen (secondary N) is 2. The Morgan fingerprint density at radius 3 is 2.54 bits per heavy atom. The number of rotatable bonds is 9. The van der Waals surface area contributed by atoms with Crippen molar-refractivity contribution >= 4 is 51.7 Å². The zero-order valence-electron chi connectivity index (χ0n) is 25.4. The number of anilines is 2. The number of carbonyl (C=O) groups is 5. The number of ether oxygens (including phenoxy) is 2. The monoisotopic (exact) mass is 655 g/mol. The Kier molecular flexibility index (Phi) is 9.36. The normalized spacial score (nSPS) is 19.0. The van der Waals surface area contributed by atoms with E-state index in [1.54, 1.807) is 30.3 Å². The number of fused-ring (bicyclic) bond motifs is 2. The van der Waals surface area contributed by atoms with Gasteiger partial charge in [-0.25, -0.2) is 4.39 Å². The zero-order valence-corrected chi connectivity index (χ0v) is 25.4. The van der Waals surface area contributed by atoms with Crippen LogP contribution in [-0.4, -0.2) is 77.8 Å². The first kappa shape index (κ1) is 32.2. The van der Waals surface area contributed by atoms with Crippen molar-refractivity contribution in [1.82, 2.24) is 15.6 Å². The van der Waals surface area contributed by atoms with Gasteiger partial charge in [0.05, 0.1) is 30.9 Å². The average molecular weight is 656 g/mol. The van der Waals surface area contributed by atoms with Crippen LogP contribution in [0.1, 0.15) is 22.5 Å². The van der Waals surface area contributed by atoms with E-state index >= 15 is 0 Å². The number of aliphatic hydroxyl groups is 1. The summed E-state index contributed by atoms with van der Waals surface area (Å²) in [6, 6.07) is 18.8. The van der Waals surface area contributed by atoms with Crippen LogP contribution >= 0.6 is 0 Å². The fraction of sp³-hybridized carbons (Fsp3) is 0.235. The van der Waals surface area contributed by atoms with Crippen molar-refractivity contribution in [2.24, 2.45) is 0 Å². The average Bonchev–Trinajstić information content (AvgIpc) is 3.40. The van der Waals surface area contributed by atoms with Gasteiger partial charge < -0.3 is 30.1 Å². The van der Waals surface area contributed by atoms with E-state index in [1.165, 1.54) is 12.3 Å². The molecule has 0 aliphatic carbocycles. The fourth-order valence-electron chi connectivity index (χ4n) is 5.68. The first-order valence-corrected chi connectivity index (χ1v) is 15.0. The van der Waals surface area contributed by atoms with E-state index in [9.17, 15) is 33.5 Å². The highest BCUT2D eigenvalue weighted by atomic mass is 19.1. The lowest BCUT2D eigenvalue weighted by atomic mass is 10.1. The van der Waals surface area contributed by atoms with E-state index in [-0.39, 0.29) is 30.1 Å². The van der Waals surface area contributed by atoms with Crippen molar-refractivity contribution in [2.45, 2.75) is 31.4 Å². The number of aliphatic hydroxyl groups excluding tert-OH is 1. The molecule has 2 aliphatic rings. The van der Waals surface area contributed by atoms with Crippen LogP contribution < -0.4 is 20.4 Å². The first-order valence-electron chi connectivity index (χ1n) is 15.0. The van der Waals surface area contributed by atoms with Crippen molar-refractivity contribution in [1.29, 1.82) is 0 Å². The van der Waals surface area contributed by atoms with E-state index in [0.29, 0.717) is 5.39 Å². The first-order chi connectivity index (χ1) is 23.2. The summed E-state index contributed by atoms with van der Waals surface area (Å²) in [5.74, 6) is -4.46. The van der Waals surface area contributed by atoms with Crippen molar-refractivity contribution in [3.05, 3.63) is 102 Å². The van der Waals surface area contributed by atoms with Gasteiger partial charge in [0.1, 0.15) is 36.7 Å². The van der Waals surface area contributed by atoms with E-state index in [4.69, 9.17) is 9.47 Å². The number of halogens is 1. The van der Waals surface area contributed by atoms with Gasteiger partial charge in [-0.15, -0.1) is 0 Å². The van der Waals surface area contributed by atoms with Crippen molar-refractivity contribution in [2.75, 3.05) is 29.5 Å². The maximum atomic E-state index is 14.6. The van der Waals surface area contributed by atoms with Crippen LogP contribution in [-0.2, 0) is 35.3 Å². The number of hydrogen-bond acceptors (Lipinski definition) is 9. The molecule has 14 heteroatoms. The smallest absolute Gasteiger partial charge is 0.310 e. The molecule has 3 N–H and O–H groups in total. The summed E-state index contributed by atoms with van der Waals surface area (Å²) >= 11 is 0. The molecule has 2 aliphatic heterocycles. The van der Waals surface area contributed by atoms with Crippen LogP contribution in [0.4, 0.5) is 15.8 Å². The van der Waals surface area contributed by atoms with Gasteiger partial charge in [0.25, 0.3) is 17.7 Å². The summed E-state index contributed by atoms with van der Waals surface area (Å²) in [6.45, 7) is -2.00. The molecule has 6 rings (SSSR count). The quantitative estimate of drug-likeness (QED) is 0.228. The second-order valence-corrected chi connectivity index (χ2v) is 11.2. The number of pyridine rings is 1. The van der Waals surface area contributed by atoms with Crippen LogP contribution in [0.5, 0.6) is 0 Å². The third-order valence-corrected chi connectivity index (χ3v) is 7.95. The topological polar surface area (TPSA) is 167 Å². The molecular formula is C34H30FN5O8. The van der Waals surface area contributed by atoms with Crippen LogP contribution in [0.15, 0.2) is 85.1 Å². The molecule has 4 aromatic rings. The minimum atomic E-state index is -1.45. The number of carbonyl (C=O) groups excluding carboxylic acids is 5. The molecule has 1 aromatic heterocycles. The number of cyclic esters (lactones) is 1. The highest BCUT2D eigenvalue weighted by Gasteiger charge is 2.40. The third kappa shape index (κ3) is 6.84. The Labute approximate surface area is 273 Å². The Hall–Kier alpha value is -5.73. The Bertz CT molecular complexity index is 1880. The van der Waals surface area contributed by atoms with Crippen LogP contribution in [0, 0.1) is 5.82 Å². The molecule has 0 unspecified atom stereocenters. The second-order valence-electron chi connectivity index (χ2n) is 11.2. The van der Waals surface area contributed by atoms with E-state index in [2.05, 4.69) is 15.6 Å². The number of nitrogens with zero attached hydrogens (tertiary/aromatic N) is 3. The zero-order chi connectivity index (χ0) is 33.8. The summed E-state index contributed by atoms with van der Waals surface area (Å²) in [6.07, 6.45) is 0.161. The van der Waals surface area contributed by atoms with Crippen molar-refractivity contribution < 1.29 is 42.9 Å². The van der Waals surface area contributed by atoms with Crippen LogP contribution in [0.3, 0.4) is 0 Å². The van der Waals surface area contributed by atoms with Gasteiger partial charge in [-0.05, 0) is 35.2 Å². The van der Waals surface area contributed by atoms with Gasteiger partial charge in [-0.3, -0.25) is 33.9 Å². The number of hydrogen-bond donors (Lipinski definition) is 3. The van der Waals surface area contributed by atoms with Crippen molar-refractivity contribution in [3.8, 4) is 0 Å². The summed E-state index contributed by atoms with van der Waals surface area (Å²) in [7, 11) is 0. The summed E-state index contributed by atoms with van der Waals surface area (Å²) in [4.78, 5) is 72.4. The van der Waals surface area contributed by atoms with Gasteiger partial charge >= 0.3 is 5.97 Å².